The van der Waals surface area contributed by atoms with Crippen molar-refractivity contribution in [1.82, 2.24) is 5.43 Å². The minimum absolute atomic E-state index is 0.0297. The maximum Gasteiger partial charge on any atom is 0.240 e. The Labute approximate surface area is 168 Å². The van der Waals surface area contributed by atoms with E-state index in [1.165, 1.54) is 6.21 Å². The fourth-order valence-electron chi connectivity index (χ4n) is 1.82. The SMILES string of the molecule is O=C(CCC(=O)Nc1ccc(I)cc1)N/N=C\c1ccc(Cl)cc1Cl. The summed E-state index contributed by atoms with van der Waals surface area (Å²) in [5.41, 5.74) is 3.68. The number of hydrogen-bond acceptors (Lipinski definition) is 3. The van der Waals surface area contributed by atoms with Gasteiger partial charge in [0.1, 0.15) is 0 Å². The standard InChI is InChI=1S/C17H14Cl2IN3O2/c18-12-2-1-11(15(19)9-12)10-21-23-17(25)8-7-16(24)22-14-5-3-13(20)4-6-14/h1-6,9-10H,7-8H2,(H,22,24)(H,23,25)/b21-10-. The number of benzene rings is 2. The van der Waals surface area contributed by atoms with E-state index in [1.807, 2.05) is 12.1 Å². The largest absolute Gasteiger partial charge is 0.326 e. The van der Waals surface area contributed by atoms with Crippen LogP contribution < -0.4 is 10.7 Å². The van der Waals surface area contributed by atoms with Crippen LogP contribution in [0.1, 0.15) is 18.4 Å². The Morgan fingerprint density at radius 2 is 1.72 bits per heavy atom. The summed E-state index contributed by atoms with van der Waals surface area (Å²) in [6, 6.07) is 12.3. The molecule has 0 aliphatic heterocycles. The van der Waals surface area contributed by atoms with Crippen molar-refractivity contribution >= 4 is 69.5 Å². The number of nitrogens with one attached hydrogen (secondary N) is 2. The van der Waals surface area contributed by atoms with Gasteiger partial charge in [-0.1, -0.05) is 29.3 Å². The van der Waals surface area contributed by atoms with Crippen LogP contribution in [-0.2, 0) is 9.59 Å². The molecule has 0 aromatic heterocycles. The number of hydrogen-bond donors (Lipinski definition) is 2. The molecule has 2 amide bonds. The summed E-state index contributed by atoms with van der Waals surface area (Å²) in [4.78, 5) is 23.5. The summed E-state index contributed by atoms with van der Waals surface area (Å²) in [6.07, 6.45) is 1.51. The molecule has 0 heterocycles. The van der Waals surface area contributed by atoms with E-state index in [0.29, 0.717) is 21.3 Å². The first kappa shape index (κ1) is 19.7. The van der Waals surface area contributed by atoms with E-state index >= 15 is 0 Å². The van der Waals surface area contributed by atoms with Gasteiger partial charge < -0.3 is 5.32 Å². The van der Waals surface area contributed by atoms with E-state index in [0.717, 1.165) is 3.57 Å². The van der Waals surface area contributed by atoms with Crippen LogP contribution in [0.15, 0.2) is 47.6 Å². The normalized spacial score (nSPS) is 10.7. The highest BCUT2D eigenvalue weighted by atomic mass is 127. The second-order valence-corrected chi connectivity index (χ2v) is 7.10. The molecule has 0 unspecified atom stereocenters. The minimum atomic E-state index is -0.362. The molecular formula is C17H14Cl2IN3O2. The topological polar surface area (TPSA) is 70.6 Å². The zero-order valence-electron chi connectivity index (χ0n) is 12.9. The fraction of sp³-hybridized carbons (Fsp3) is 0.118. The second kappa shape index (κ2) is 9.74. The molecule has 0 saturated heterocycles. The van der Waals surface area contributed by atoms with Crippen LogP contribution in [0.25, 0.3) is 0 Å². The third-order valence-corrected chi connectivity index (χ3v) is 4.34. The zero-order valence-corrected chi connectivity index (χ0v) is 16.6. The molecule has 0 spiro atoms. The lowest BCUT2D eigenvalue weighted by atomic mass is 10.2. The van der Waals surface area contributed by atoms with Crippen molar-refractivity contribution in [2.24, 2.45) is 5.10 Å². The van der Waals surface area contributed by atoms with Gasteiger partial charge in [0.2, 0.25) is 11.8 Å². The van der Waals surface area contributed by atoms with Crippen LogP contribution in [-0.4, -0.2) is 18.0 Å². The van der Waals surface area contributed by atoms with Crippen molar-refractivity contribution in [3.63, 3.8) is 0 Å². The number of rotatable bonds is 6. The van der Waals surface area contributed by atoms with E-state index in [-0.39, 0.29) is 24.7 Å². The number of carbonyl (C=O) groups is 2. The average Bonchev–Trinajstić information content (AvgIpc) is 2.57. The number of hydrazone groups is 1. The van der Waals surface area contributed by atoms with Crippen molar-refractivity contribution in [3.05, 3.63) is 61.6 Å². The smallest absolute Gasteiger partial charge is 0.240 e. The Hall–Kier alpha value is -1.64. The van der Waals surface area contributed by atoms with Crippen molar-refractivity contribution < 1.29 is 9.59 Å². The van der Waals surface area contributed by atoms with E-state index in [2.05, 4.69) is 38.4 Å². The molecule has 0 bridgehead atoms. The van der Waals surface area contributed by atoms with Gasteiger partial charge in [-0.2, -0.15) is 5.10 Å². The maximum absolute atomic E-state index is 11.8. The van der Waals surface area contributed by atoms with Gasteiger partial charge in [-0.3, -0.25) is 9.59 Å². The Bertz CT molecular complexity index is 795. The number of nitrogens with zero attached hydrogens (tertiary/aromatic N) is 1. The van der Waals surface area contributed by atoms with Gasteiger partial charge in [0.05, 0.1) is 11.2 Å². The molecule has 2 aromatic rings. The lowest BCUT2D eigenvalue weighted by molar-refractivity contribution is -0.124. The third kappa shape index (κ3) is 7.01. The van der Waals surface area contributed by atoms with E-state index in [1.54, 1.807) is 30.3 Å². The van der Waals surface area contributed by atoms with Crippen LogP contribution in [0.4, 0.5) is 5.69 Å². The summed E-state index contributed by atoms with van der Waals surface area (Å²) in [6.45, 7) is 0. The lowest BCUT2D eigenvalue weighted by Gasteiger charge is -2.05. The molecule has 0 fully saturated rings. The van der Waals surface area contributed by atoms with Crippen molar-refractivity contribution in [2.75, 3.05) is 5.32 Å². The molecule has 8 heteroatoms. The van der Waals surface area contributed by atoms with Gasteiger partial charge in [-0.05, 0) is 59.0 Å². The summed E-state index contributed by atoms with van der Waals surface area (Å²) >= 11 is 14.0. The first-order valence-electron chi connectivity index (χ1n) is 7.26. The van der Waals surface area contributed by atoms with Gasteiger partial charge in [0, 0.05) is 32.7 Å². The van der Waals surface area contributed by atoms with Gasteiger partial charge in [0.15, 0.2) is 0 Å². The molecule has 2 N–H and O–H groups in total. The van der Waals surface area contributed by atoms with E-state index < -0.39 is 0 Å². The molecule has 0 atom stereocenters. The van der Waals surface area contributed by atoms with Gasteiger partial charge in [-0.25, -0.2) is 5.43 Å². The Kier molecular flexibility index (Phi) is 7.67. The molecule has 0 aliphatic rings. The molecular weight excluding hydrogens is 476 g/mol. The third-order valence-electron chi connectivity index (χ3n) is 3.06. The molecule has 2 aromatic carbocycles. The van der Waals surface area contributed by atoms with E-state index in [4.69, 9.17) is 23.2 Å². The molecule has 0 aliphatic carbocycles. The minimum Gasteiger partial charge on any atom is -0.326 e. The molecule has 0 saturated carbocycles. The number of carbonyl (C=O) groups excluding carboxylic acids is 2. The van der Waals surface area contributed by atoms with Gasteiger partial charge in [0.25, 0.3) is 0 Å². The monoisotopic (exact) mass is 489 g/mol. The summed E-state index contributed by atoms with van der Waals surface area (Å²) in [5, 5.41) is 7.50. The summed E-state index contributed by atoms with van der Waals surface area (Å²) in [5.74, 6) is -0.597. The van der Waals surface area contributed by atoms with Gasteiger partial charge >= 0.3 is 0 Å². The Morgan fingerprint density at radius 1 is 1.04 bits per heavy atom. The van der Waals surface area contributed by atoms with Crippen LogP contribution in [0.5, 0.6) is 0 Å². The highest BCUT2D eigenvalue weighted by Crippen LogP contribution is 2.19. The first-order valence-corrected chi connectivity index (χ1v) is 9.10. The van der Waals surface area contributed by atoms with E-state index in [9.17, 15) is 9.59 Å². The van der Waals surface area contributed by atoms with Crippen molar-refractivity contribution in [1.29, 1.82) is 0 Å². The van der Waals surface area contributed by atoms with Crippen LogP contribution in [0.2, 0.25) is 10.0 Å². The molecule has 130 valence electrons. The fourth-order valence-corrected chi connectivity index (χ4v) is 2.64. The number of amides is 2. The van der Waals surface area contributed by atoms with Crippen LogP contribution in [0.3, 0.4) is 0 Å². The summed E-state index contributed by atoms with van der Waals surface area (Å²) in [7, 11) is 0. The lowest BCUT2D eigenvalue weighted by Crippen LogP contribution is -2.20. The average molecular weight is 490 g/mol. The number of anilines is 1. The maximum atomic E-state index is 11.8. The van der Waals surface area contributed by atoms with Crippen LogP contribution in [0, 0.1) is 3.57 Å². The Balaban J connectivity index is 1.75. The highest BCUT2D eigenvalue weighted by Gasteiger charge is 2.07. The zero-order chi connectivity index (χ0) is 18.2. The molecule has 0 radical (unpaired) electrons. The predicted octanol–water partition coefficient (Wildman–Crippen LogP) is 4.47. The molecule has 2 rings (SSSR count). The second-order valence-electron chi connectivity index (χ2n) is 5.01. The van der Waals surface area contributed by atoms with Crippen molar-refractivity contribution in [3.8, 4) is 0 Å². The van der Waals surface area contributed by atoms with Crippen LogP contribution >= 0.6 is 45.8 Å². The number of halogens is 3. The first-order chi connectivity index (χ1) is 11.9. The summed E-state index contributed by atoms with van der Waals surface area (Å²) < 4.78 is 1.08. The molecule has 25 heavy (non-hydrogen) atoms. The Morgan fingerprint density at radius 3 is 2.40 bits per heavy atom. The predicted molar refractivity (Wildman–Crippen MR) is 109 cm³/mol. The molecule has 5 nitrogen and oxygen atoms in total. The highest BCUT2D eigenvalue weighted by molar-refractivity contribution is 14.1. The quantitative estimate of drug-likeness (QED) is 0.357. The van der Waals surface area contributed by atoms with Gasteiger partial charge in [-0.15, -0.1) is 0 Å². The van der Waals surface area contributed by atoms with Crippen molar-refractivity contribution in [2.45, 2.75) is 12.8 Å².